The van der Waals surface area contributed by atoms with Crippen LogP contribution in [-0.4, -0.2) is 24.9 Å². The first-order chi connectivity index (χ1) is 2.91. The van der Waals surface area contributed by atoms with Gasteiger partial charge in [0, 0.05) is 6.61 Å². The monoisotopic (exact) mass is 130 g/mol. The third kappa shape index (κ3) is 11.2. The van der Waals surface area contributed by atoms with Gasteiger partial charge in [0.25, 0.3) is 0 Å². The van der Waals surface area contributed by atoms with Crippen LogP contribution in [0.4, 0.5) is 0 Å². The third-order valence-corrected chi connectivity index (χ3v) is 0.440. The molecule has 0 spiro atoms. The van der Waals surface area contributed by atoms with E-state index >= 15 is 0 Å². The fraction of sp³-hybridized carbons (Fsp3) is 1.00. The maximum absolute atomic E-state index is 8.07. The number of rotatable bonds is 3. The molecule has 0 bridgehead atoms. The third-order valence-electron chi connectivity index (χ3n) is 0.440. The molecule has 0 aliphatic rings. The van der Waals surface area contributed by atoms with Crippen LogP contribution in [0, 0.1) is 0 Å². The molecule has 0 aliphatic heterocycles. The van der Waals surface area contributed by atoms with E-state index in [1.807, 2.05) is 6.92 Å². The summed E-state index contributed by atoms with van der Waals surface area (Å²) in [7, 11) is 0. The normalized spacial score (nSPS) is 7.71. The second-order valence-corrected chi connectivity index (χ2v) is 0.921. The first kappa shape index (κ1) is 11.4. The Morgan fingerprint density at radius 2 is 2.29 bits per heavy atom. The Bertz CT molecular complexity index is 26.0. The summed E-state index contributed by atoms with van der Waals surface area (Å²) in [5, 5.41) is 8.07. The van der Waals surface area contributed by atoms with Crippen LogP contribution in [0.5, 0.6) is 0 Å². The Morgan fingerprint density at radius 3 is 2.43 bits per heavy atom. The van der Waals surface area contributed by atoms with Gasteiger partial charge in [-0.1, -0.05) is 0 Å². The zero-order valence-electron chi connectivity index (χ0n) is 5.98. The average molecular weight is 130 g/mol. The van der Waals surface area contributed by atoms with Gasteiger partial charge in [0.15, 0.2) is 0 Å². The Hall–Kier alpha value is 1.56. The van der Waals surface area contributed by atoms with Crippen molar-refractivity contribution in [2.75, 3.05) is 19.8 Å². The largest absolute Gasteiger partial charge is 1.00 e. The van der Waals surface area contributed by atoms with Crippen molar-refractivity contribution in [3.05, 3.63) is 0 Å². The van der Waals surface area contributed by atoms with Crippen LogP contribution < -0.4 is 51.4 Å². The van der Waals surface area contributed by atoms with Crippen LogP contribution in [0.1, 0.15) is 8.35 Å². The first-order valence-electron chi connectivity index (χ1n) is 2.10. The van der Waals surface area contributed by atoms with Crippen LogP contribution >= 0.6 is 0 Å². The number of hydrogen-bond acceptors (Lipinski definition) is 2. The standard InChI is InChI=1S/C4H10O2.K.H/c1-2-6-4-3-5;;/h5H,2-4H2,1H3;;/q;+1;-1. The second kappa shape index (κ2) is 10.5. The van der Waals surface area contributed by atoms with Gasteiger partial charge in [-0.05, 0) is 6.92 Å². The van der Waals surface area contributed by atoms with Gasteiger partial charge in [0.2, 0.25) is 0 Å². The molecule has 0 radical (unpaired) electrons. The van der Waals surface area contributed by atoms with E-state index in [1.165, 1.54) is 0 Å². The van der Waals surface area contributed by atoms with E-state index in [1.54, 1.807) is 0 Å². The first-order valence-corrected chi connectivity index (χ1v) is 2.10. The molecule has 0 fully saturated rings. The molecule has 0 aromatic heterocycles. The van der Waals surface area contributed by atoms with Gasteiger partial charge in [-0.15, -0.1) is 0 Å². The van der Waals surface area contributed by atoms with E-state index in [9.17, 15) is 0 Å². The molecule has 3 heteroatoms. The smallest absolute Gasteiger partial charge is 1.00 e. The van der Waals surface area contributed by atoms with Gasteiger partial charge in [0.05, 0.1) is 13.2 Å². The van der Waals surface area contributed by atoms with E-state index in [2.05, 4.69) is 0 Å². The summed E-state index contributed by atoms with van der Waals surface area (Å²) in [6.07, 6.45) is 0. The minimum absolute atomic E-state index is 0. The number of hydrogen-bond donors (Lipinski definition) is 1. The topological polar surface area (TPSA) is 29.5 Å². The molecule has 0 saturated carbocycles. The molecule has 0 amide bonds. The Balaban J connectivity index is -0.000000125. The fourth-order valence-electron chi connectivity index (χ4n) is 0.209. The van der Waals surface area contributed by atoms with Gasteiger partial charge < -0.3 is 11.3 Å². The second-order valence-electron chi connectivity index (χ2n) is 0.921. The maximum Gasteiger partial charge on any atom is 1.00 e. The summed E-state index contributed by atoms with van der Waals surface area (Å²) in [5.74, 6) is 0. The van der Waals surface area contributed by atoms with Gasteiger partial charge in [-0.2, -0.15) is 0 Å². The van der Waals surface area contributed by atoms with Gasteiger partial charge in [0.1, 0.15) is 0 Å². The molecule has 1 N–H and O–H groups in total. The maximum atomic E-state index is 8.07. The Labute approximate surface area is 88.1 Å². The van der Waals surface area contributed by atoms with Gasteiger partial charge in [-0.25, -0.2) is 0 Å². The minimum Gasteiger partial charge on any atom is -1.00 e. The fourth-order valence-corrected chi connectivity index (χ4v) is 0.209. The van der Waals surface area contributed by atoms with Crippen molar-refractivity contribution in [2.45, 2.75) is 6.92 Å². The van der Waals surface area contributed by atoms with Gasteiger partial charge >= 0.3 is 51.4 Å². The minimum atomic E-state index is 0. The molecule has 0 aromatic rings. The van der Waals surface area contributed by atoms with Crippen LogP contribution in [0.2, 0.25) is 0 Å². The molecule has 0 unspecified atom stereocenters. The van der Waals surface area contributed by atoms with Crippen LogP contribution in [0.3, 0.4) is 0 Å². The summed E-state index contributed by atoms with van der Waals surface area (Å²) in [6, 6.07) is 0. The molecule has 0 heterocycles. The summed E-state index contributed by atoms with van der Waals surface area (Å²) in [5.41, 5.74) is 0. The molecule has 2 nitrogen and oxygen atoms in total. The Morgan fingerprint density at radius 1 is 1.71 bits per heavy atom. The van der Waals surface area contributed by atoms with Crippen molar-refractivity contribution in [3.8, 4) is 0 Å². The van der Waals surface area contributed by atoms with Crippen molar-refractivity contribution in [1.82, 2.24) is 0 Å². The quantitative estimate of drug-likeness (QED) is 0.329. The van der Waals surface area contributed by atoms with Crippen LogP contribution in [-0.2, 0) is 4.74 Å². The molecule has 0 rings (SSSR count). The average Bonchev–Trinajstić information content (AvgIpc) is 1.61. The predicted octanol–water partition coefficient (Wildman–Crippen LogP) is -2.87. The predicted molar refractivity (Wildman–Crippen MR) is 24.7 cm³/mol. The summed E-state index contributed by atoms with van der Waals surface area (Å²) >= 11 is 0. The van der Waals surface area contributed by atoms with Crippen LogP contribution in [0.15, 0.2) is 0 Å². The molecule has 0 atom stereocenters. The van der Waals surface area contributed by atoms with E-state index in [-0.39, 0.29) is 59.4 Å². The SMILES string of the molecule is CCOCCO.[H-].[K+]. The molecule has 0 saturated heterocycles. The molecule has 0 aliphatic carbocycles. The van der Waals surface area contributed by atoms with E-state index in [4.69, 9.17) is 9.84 Å². The van der Waals surface area contributed by atoms with Crippen LogP contribution in [0.25, 0.3) is 0 Å². The number of aliphatic hydroxyl groups is 1. The van der Waals surface area contributed by atoms with Gasteiger partial charge in [-0.3, -0.25) is 0 Å². The molecule has 7 heavy (non-hydrogen) atoms. The van der Waals surface area contributed by atoms with Crippen molar-refractivity contribution >= 4 is 0 Å². The number of ether oxygens (including phenoxy) is 1. The van der Waals surface area contributed by atoms with Crippen molar-refractivity contribution in [1.29, 1.82) is 0 Å². The van der Waals surface area contributed by atoms with Crippen molar-refractivity contribution < 1.29 is 62.7 Å². The van der Waals surface area contributed by atoms with Crippen molar-refractivity contribution in [3.63, 3.8) is 0 Å². The zero-order chi connectivity index (χ0) is 4.83. The van der Waals surface area contributed by atoms with E-state index in [0.29, 0.717) is 13.2 Å². The molecule has 40 valence electrons. The zero-order valence-corrected chi connectivity index (χ0v) is 8.10. The Kier molecular flexibility index (Phi) is 17.1. The molecular weight excluding hydrogens is 119 g/mol. The van der Waals surface area contributed by atoms with E-state index < -0.39 is 0 Å². The summed E-state index contributed by atoms with van der Waals surface area (Å²) < 4.78 is 4.73. The van der Waals surface area contributed by atoms with E-state index in [0.717, 1.165) is 0 Å². The molecule has 0 aromatic carbocycles. The summed E-state index contributed by atoms with van der Waals surface area (Å²) in [6.45, 7) is 3.20. The summed E-state index contributed by atoms with van der Waals surface area (Å²) in [4.78, 5) is 0. The molecular formula is C4H11KO2. The van der Waals surface area contributed by atoms with Crippen molar-refractivity contribution in [2.24, 2.45) is 0 Å². The number of aliphatic hydroxyl groups excluding tert-OH is 1.